The number of benzene rings is 2. The van der Waals surface area contributed by atoms with E-state index in [0.717, 1.165) is 21.9 Å². The molecule has 0 aliphatic carbocycles. The zero-order chi connectivity index (χ0) is 19.6. The molecule has 7 heteroatoms. The van der Waals surface area contributed by atoms with Gasteiger partial charge >= 0.3 is 0 Å². The molecule has 3 aromatic rings. The number of aromatic nitrogens is 1. The molecule has 0 saturated heterocycles. The molecule has 3 rings (SSSR count). The van der Waals surface area contributed by atoms with Crippen molar-refractivity contribution >= 4 is 20.8 Å². The summed E-state index contributed by atoms with van der Waals surface area (Å²) in [6.07, 6.45) is 4.11. The van der Waals surface area contributed by atoms with Crippen LogP contribution in [-0.2, 0) is 16.4 Å². The Morgan fingerprint density at radius 1 is 1.00 bits per heavy atom. The Morgan fingerprint density at radius 2 is 1.63 bits per heavy atom. The summed E-state index contributed by atoms with van der Waals surface area (Å²) in [7, 11) is -0.672. The molecule has 27 heavy (non-hydrogen) atoms. The molecule has 0 N–H and O–H groups in total. The van der Waals surface area contributed by atoms with Crippen molar-refractivity contribution in [3.05, 3.63) is 64.7 Å². The highest BCUT2D eigenvalue weighted by Crippen LogP contribution is 2.33. The van der Waals surface area contributed by atoms with Crippen molar-refractivity contribution in [2.45, 2.75) is 25.2 Å². The first-order chi connectivity index (χ1) is 12.9. The highest BCUT2D eigenvalue weighted by molar-refractivity contribution is 7.93. The van der Waals surface area contributed by atoms with Gasteiger partial charge in [-0.25, -0.2) is 13.1 Å². The van der Waals surface area contributed by atoms with E-state index in [1.54, 1.807) is 50.9 Å². The molecule has 0 bridgehead atoms. The summed E-state index contributed by atoms with van der Waals surface area (Å²) < 4.78 is 37.4. The van der Waals surface area contributed by atoms with Gasteiger partial charge in [-0.3, -0.25) is 0 Å². The van der Waals surface area contributed by atoms with E-state index < -0.39 is 10.0 Å². The highest BCUT2D eigenvalue weighted by Gasteiger charge is 2.14. The molecule has 0 aliphatic heterocycles. The first-order valence-corrected chi connectivity index (χ1v) is 9.97. The van der Waals surface area contributed by atoms with E-state index >= 15 is 0 Å². The van der Waals surface area contributed by atoms with Crippen LogP contribution in [-0.4, -0.2) is 22.6 Å². The van der Waals surface area contributed by atoms with Crippen LogP contribution in [0.2, 0.25) is 0 Å². The normalized spacial score (nSPS) is 11.4. The van der Waals surface area contributed by atoms with Gasteiger partial charge in [0, 0.05) is 16.3 Å². The van der Waals surface area contributed by atoms with Crippen LogP contribution < -0.4 is 14.1 Å². The zero-order valence-electron chi connectivity index (χ0n) is 15.8. The summed E-state index contributed by atoms with van der Waals surface area (Å²) in [5.74, 6) is 1.20. The Hall–Kier alpha value is -2.80. The third-order valence-corrected chi connectivity index (χ3v) is 5.63. The van der Waals surface area contributed by atoms with Crippen LogP contribution >= 0.6 is 0 Å². The van der Waals surface area contributed by atoms with E-state index in [4.69, 9.17) is 9.47 Å². The van der Waals surface area contributed by atoms with Crippen LogP contribution in [0, 0.1) is 6.92 Å². The molecule has 0 radical (unpaired) electrons. The van der Waals surface area contributed by atoms with Crippen LogP contribution in [0.1, 0.15) is 18.1 Å². The number of rotatable bonds is 6. The molecule has 2 aromatic carbocycles. The molecule has 0 atom stereocenters. The molecule has 0 saturated carbocycles. The molecule has 1 heterocycles. The van der Waals surface area contributed by atoms with Crippen LogP contribution in [0.3, 0.4) is 0 Å². The van der Waals surface area contributed by atoms with Gasteiger partial charge in [-0.05, 0) is 37.6 Å². The molecular weight excluding hydrogens is 364 g/mol. The van der Waals surface area contributed by atoms with Crippen molar-refractivity contribution in [2.75, 3.05) is 14.2 Å². The summed E-state index contributed by atoms with van der Waals surface area (Å²) in [5.41, 5.74) is 1.94. The lowest BCUT2D eigenvalue weighted by molar-refractivity contribution is -0.612. The number of nitrogens with zero attached hydrogens (tertiary/aromatic N) is 2. The Balaban J connectivity index is 2.08. The van der Waals surface area contributed by atoms with Crippen molar-refractivity contribution < 1.29 is 22.6 Å². The number of methoxy groups -OCH3 is 2. The fraction of sp³-hybridized carbons (Fsp3) is 0.250. The molecular formula is C20H22N2O4S. The minimum absolute atomic E-state index is 0.158. The minimum Gasteiger partial charge on any atom is -0.493 e. The van der Waals surface area contributed by atoms with Gasteiger partial charge in [0.2, 0.25) is 0 Å². The Bertz CT molecular complexity index is 1080. The summed E-state index contributed by atoms with van der Waals surface area (Å²) in [6.45, 7) is 3.91. The quantitative estimate of drug-likeness (QED) is 0.608. The predicted molar refractivity (Wildman–Crippen MR) is 104 cm³/mol. The van der Waals surface area contributed by atoms with Crippen molar-refractivity contribution in [2.24, 2.45) is 0 Å². The van der Waals surface area contributed by atoms with Crippen molar-refractivity contribution in [1.82, 2.24) is 0 Å². The van der Waals surface area contributed by atoms with Gasteiger partial charge in [0.15, 0.2) is 33.9 Å². The second-order valence-corrected chi connectivity index (χ2v) is 7.77. The van der Waals surface area contributed by atoms with Gasteiger partial charge in [0.25, 0.3) is 0 Å². The lowest BCUT2D eigenvalue weighted by Crippen LogP contribution is -2.32. The molecule has 0 aliphatic rings. The fourth-order valence-electron chi connectivity index (χ4n) is 2.90. The van der Waals surface area contributed by atoms with Crippen molar-refractivity contribution in [3.8, 4) is 11.5 Å². The third-order valence-electron chi connectivity index (χ3n) is 4.36. The van der Waals surface area contributed by atoms with Crippen LogP contribution in [0.25, 0.3) is 15.6 Å². The maximum absolute atomic E-state index is 12.6. The van der Waals surface area contributed by atoms with E-state index in [2.05, 4.69) is 4.83 Å². The lowest BCUT2D eigenvalue weighted by atomic mass is 10.1. The highest BCUT2D eigenvalue weighted by atomic mass is 32.2. The number of hydrogen-bond acceptors (Lipinski definition) is 4. The second-order valence-electron chi connectivity index (χ2n) is 6.18. The number of aryl methyl sites for hydroxylation is 2. The maximum atomic E-state index is 12.6. The van der Waals surface area contributed by atoms with E-state index in [0.29, 0.717) is 17.9 Å². The molecule has 0 amide bonds. The molecule has 0 unspecified atom stereocenters. The Morgan fingerprint density at radius 3 is 2.22 bits per heavy atom. The number of fused-ring (bicyclic) bond motifs is 1. The average molecular weight is 386 g/mol. The summed E-state index contributed by atoms with van der Waals surface area (Å²) >= 11 is 0. The number of pyridine rings is 1. The van der Waals surface area contributed by atoms with Crippen LogP contribution in [0.15, 0.2) is 53.7 Å². The van der Waals surface area contributed by atoms with Gasteiger partial charge in [-0.2, -0.15) is 0 Å². The minimum atomic E-state index is -3.82. The van der Waals surface area contributed by atoms with Gasteiger partial charge in [-0.1, -0.05) is 24.6 Å². The van der Waals surface area contributed by atoms with E-state index in [1.807, 2.05) is 26.0 Å². The molecule has 1 aromatic heterocycles. The SMILES string of the molecule is CCc1c[n+]([N-]S(=O)(=O)c2ccc(C)cc2)cc2cc(OC)c(OC)cc12. The van der Waals surface area contributed by atoms with E-state index in [-0.39, 0.29) is 4.90 Å². The lowest BCUT2D eigenvalue weighted by Gasteiger charge is -2.17. The fourth-order valence-corrected chi connectivity index (χ4v) is 3.82. The first-order valence-electron chi connectivity index (χ1n) is 8.53. The summed E-state index contributed by atoms with van der Waals surface area (Å²) in [6, 6.07) is 10.3. The Kier molecular flexibility index (Phi) is 5.23. The monoisotopic (exact) mass is 386 g/mol. The number of hydrogen-bond donors (Lipinski definition) is 0. The Labute approximate surface area is 159 Å². The van der Waals surface area contributed by atoms with Crippen molar-refractivity contribution in [1.29, 1.82) is 0 Å². The van der Waals surface area contributed by atoms with Gasteiger partial charge in [-0.15, -0.1) is 0 Å². The second kappa shape index (κ2) is 7.44. The predicted octanol–water partition coefficient (Wildman–Crippen LogP) is 3.54. The van der Waals surface area contributed by atoms with Crippen LogP contribution in [0.4, 0.5) is 0 Å². The summed E-state index contributed by atoms with van der Waals surface area (Å²) in [4.78, 5) is 4.12. The van der Waals surface area contributed by atoms with Crippen molar-refractivity contribution in [3.63, 3.8) is 0 Å². The van der Waals surface area contributed by atoms with Gasteiger partial charge in [0.05, 0.1) is 19.1 Å². The molecule has 6 nitrogen and oxygen atoms in total. The maximum Gasteiger partial charge on any atom is 0.172 e. The largest absolute Gasteiger partial charge is 0.493 e. The van der Waals surface area contributed by atoms with E-state index in [1.165, 1.54) is 4.68 Å². The van der Waals surface area contributed by atoms with Crippen LogP contribution in [0.5, 0.6) is 11.5 Å². The smallest absolute Gasteiger partial charge is 0.172 e. The molecule has 0 fully saturated rings. The van der Waals surface area contributed by atoms with E-state index in [9.17, 15) is 8.42 Å². The molecule has 142 valence electrons. The number of ether oxygens (including phenoxy) is 2. The standard InChI is InChI=1S/C20H22N2O4S/c1-5-15-12-22(21-27(23,24)17-8-6-14(2)7-9-17)13-16-10-19(25-3)20(26-4)11-18(15)16/h6-13H,5H2,1-4H3. The van der Waals surface area contributed by atoms with Gasteiger partial charge in [0.1, 0.15) is 0 Å². The van der Waals surface area contributed by atoms with Gasteiger partial charge < -0.3 is 14.3 Å². The topological polar surface area (TPSA) is 70.6 Å². The molecule has 0 spiro atoms. The number of sulfonamides is 1. The first kappa shape index (κ1) is 19.0. The third kappa shape index (κ3) is 3.83. The summed E-state index contributed by atoms with van der Waals surface area (Å²) in [5, 5.41) is 1.78. The zero-order valence-corrected chi connectivity index (χ0v) is 16.6. The average Bonchev–Trinajstić information content (AvgIpc) is 2.66.